The SMILES string of the molecule is C=C(C)C(=O)OC1CC2C(C)C1C1C3CCC(C3C)C21. The van der Waals surface area contributed by atoms with E-state index in [1.807, 2.05) is 0 Å². The molecule has 0 heterocycles. The van der Waals surface area contributed by atoms with Crippen LogP contribution in [0.4, 0.5) is 0 Å². The predicted octanol–water partition coefficient (Wildman–Crippen LogP) is 3.67. The van der Waals surface area contributed by atoms with Crippen LogP contribution in [-0.2, 0) is 9.53 Å². The molecule has 9 unspecified atom stereocenters. The van der Waals surface area contributed by atoms with Gasteiger partial charge in [0.25, 0.3) is 0 Å². The minimum Gasteiger partial charge on any atom is -0.459 e. The van der Waals surface area contributed by atoms with Gasteiger partial charge in [0.15, 0.2) is 0 Å². The highest BCUT2D eigenvalue weighted by molar-refractivity contribution is 5.87. The second-order valence-corrected chi connectivity index (χ2v) is 7.98. The first-order chi connectivity index (χ1) is 9.50. The molecule has 4 bridgehead atoms. The Kier molecular flexibility index (Phi) is 2.66. The molecule has 4 fully saturated rings. The van der Waals surface area contributed by atoms with E-state index in [1.54, 1.807) is 6.92 Å². The number of hydrogen-bond acceptors (Lipinski definition) is 2. The van der Waals surface area contributed by atoms with Crippen LogP contribution in [0.2, 0.25) is 0 Å². The number of carbonyl (C=O) groups is 1. The summed E-state index contributed by atoms with van der Waals surface area (Å²) in [5.74, 6) is 6.61. The molecule has 0 spiro atoms. The van der Waals surface area contributed by atoms with E-state index >= 15 is 0 Å². The van der Waals surface area contributed by atoms with E-state index < -0.39 is 0 Å². The van der Waals surface area contributed by atoms with Crippen LogP contribution in [0, 0.1) is 47.3 Å². The summed E-state index contributed by atoms with van der Waals surface area (Å²) >= 11 is 0. The zero-order chi connectivity index (χ0) is 14.2. The lowest BCUT2D eigenvalue weighted by atomic mass is 9.70. The normalized spacial score (nSPS) is 55.0. The van der Waals surface area contributed by atoms with Gasteiger partial charge in [-0.15, -0.1) is 0 Å². The summed E-state index contributed by atoms with van der Waals surface area (Å²) in [7, 11) is 0. The average molecular weight is 274 g/mol. The molecule has 4 aliphatic rings. The largest absolute Gasteiger partial charge is 0.459 e. The lowest BCUT2D eigenvalue weighted by molar-refractivity contribution is -0.149. The van der Waals surface area contributed by atoms with Crippen molar-refractivity contribution in [2.24, 2.45) is 47.3 Å². The Labute approximate surface area is 122 Å². The molecule has 2 heteroatoms. The molecule has 0 amide bonds. The fourth-order valence-electron chi connectivity index (χ4n) is 6.76. The number of fused-ring (bicyclic) bond motifs is 9. The third-order valence-corrected chi connectivity index (χ3v) is 7.38. The zero-order valence-electron chi connectivity index (χ0n) is 12.8. The Balaban J connectivity index is 1.59. The van der Waals surface area contributed by atoms with Crippen molar-refractivity contribution in [1.29, 1.82) is 0 Å². The molecule has 9 atom stereocenters. The molecule has 0 aromatic heterocycles. The van der Waals surface area contributed by atoms with E-state index in [0.717, 1.165) is 47.8 Å². The van der Waals surface area contributed by atoms with Crippen molar-refractivity contribution in [3.63, 3.8) is 0 Å². The van der Waals surface area contributed by atoms with Gasteiger partial charge in [0, 0.05) is 11.5 Å². The Bertz CT molecular complexity index is 468. The van der Waals surface area contributed by atoms with Crippen LogP contribution < -0.4 is 0 Å². The summed E-state index contributed by atoms with van der Waals surface area (Å²) in [5, 5.41) is 0. The summed E-state index contributed by atoms with van der Waals surface area (Å²) in [5.41, 5.74) is 0.540. The van der Waals surface area contributed by atoms with Gasteiger partial charge in [0.2, 0.25) is 0 Å². The van der Waals surface area contributed by atoms with E-state index in [1.165, 1.54) is 12.8 Å². The van der Waals surface area contributed by atoms with Gasteiger partial charge in [-0.2, -0.15) is 0 Å². The summed E-state index contributed by atoms with van der Waals surface area (Å²) in [6, 6.07) is 0. The van der Waals surface area contributed by atoms with Crippen molar-refractivity contribution in [2.45, 2.75) is 46.1 Å². The van der Waals surface area contributed by atoms with E-state index in [-0.39, 0.29) is 12.1 Å². The minimum absolute atomic E-state index is 0.173. The number of carbonyl (C=O) groups excluding carboxylic acids is 1. The fraction of sp³-hybridized carbons (Fsp3) is 0.833. The van der Waals surface area contributed by atoms with Crippen LogP contribution in [-0.4, -0.2) is 12.1 Å². The van der Waals surface area contributed by atoms with Gasteiger partial charge in [-0.05, 0) is 67.6 Å². The Morgan fingerprint density at radius 3 is 2.30 bits per heavy atom. The first kappa shape index (κ1) is 12.9. The summed E-state index contributed by atoms with van der Waals surface area (Å²) in [6.45, 7) is 10.4. The predicted molar refractivity (Wildman–Crippen MR) is 77.8 cm³/mol. The molecule has 0 aliphatic heterocycles. The van der Waals surface area contributed by atoms with Gasteiger partial charge in [-0.25, -0.2) is 4.79 Å². The van der Waals surface area contributed by atoms with Crippen molar-refractivity contribution in [1.82, 2.24) is 0 Å². The molecule has 4 aliphatic carbocycles. The lowest BCUT2D eigenvalue weighted by Crippen LogP contribution is -2.37. The number of esters is 1. The van der Waals surface area contributed by atoms with Crippen LogP contribution in [0.15, 0.2) is 12.2 Å². The molecule has 110 valence electrons. The standard InChI is InChI=1S/C18H26O2/c1-8(2)18(19)20-14-7-13-10(4)15(14)17-12-6-5-11(9(12)3)16(13)17/h9-17H,1,5-7H2,2-4H3. The molecule has 20 heavy (non-hydrogen) atoms. The van der Waals surface area contributed by atoms with Gasteiger partial charge >= 0.3 is 5.97 Å². The van der Waals surface area contributed by atoms with Crippen LogP contribution in [0.25, 0.3) is 0 Å². The van der Waals surface area contributed by atoms with Gasteiger partial charge in [0.1, 0.15) is 6.10 Å². The average Bonchev–Trinajstić information content (AvgIpc) is 3.07. The molecular weight excluding hydrogens is 248 g/mol. The monoisotopic (exact) mass is 274 g/mol. The van der Waals surface area contributed by atoms with Gasteiger partial charge in [0.05, 0.1) is 0 Å². The maximum absolute atomic E-state index is 11.9. The molecule has 2 nitrogen and oxygen atoms in total. The summed E-state index contributed by atoms with van der Waals surface area (Å²) in [4.78, 5) is 11.9. The van der Waals surface area contributed by atoms with Gasteiger partial charge in [-0.3, -0.25) is 0 Å². The topological polar surface area (TPSA) is 26.3 Å². The zero-order valence-corrected chi connectivity index (χ0v) is 12.8. The van der Waals surface area contributed by atoms with E-state index in [9.17, 15) is 4.79 Å². The quantitative estimate of drug-likeness (QED) is 0.436. The minimum atomic E-state index is -0.178. The lowest BCUT2D eigenvalue weighted by Gasteiger charge is -2.38. The van der Waals surface area contributed by atoms with E-state index in [4.69, 9.17) is 4.74 Å². The van der Waals surface area contributed by atoms with Crippen LogP contribution >= 0.6 is 0 Å². The van der Waals surface area contributed by atoms with Crippen molar-refractivity contribution in [3.8, 4) is 0 Å². The van der Waals surface area contributed by atoms with Crippen LogP contribution in [0.1, 0.15) is 40.0 Å². The second-order valence-electron chi connectivity index (χ2n) is 7.98. The molecule has 0 radical (unpaired) electrons. The van der Waals surface area contributed by atoms with Crippen LogP contribution in [0.3, 0.4) is 0 Å². The first-order valence-corrected chi connectivity index (χ1v) is 8.37. The Hall–Kier alpha value is -0.790. The number of ether oxygens (including phenoxy) is 1. The van der Waals surface area contributed by atoms with Crippen molar-refractivity contribution < 1.29 is 9.53 Å². The van der Waals surface area contributed by atoms with Crippen LogP contribution in [0.5, 0.6) is 0 Å². The van der Waals surface area contributed by atoms with Crippen molar-refractivity contribution in [2.75, 3.05) is 0 Å². The van der Waals surface area contributed by atoms with Gasteiger partial charge in [-0.1, -0.05) is 20.4 Å². The highest BCUT2D eigenvalue weighted by Crippen LogP contribution is 2.71. The highest BCUT2D eigenvalue weighted by Gasteiger charge is 2.68. The first-order valence-electron chi connectivity index (χ1n) is 8.37. The molecule has 0 N–H and O–H groups in total. The molecule has 4 saturated carbocycles. The van der Waals surface area contributed by atoms with E-state index in [2.05, 4.69) is 20.4 Å². The number of hydrogen-bond donors (Lipinski definition) is 0. The maximum Gasteiger partial charge on any atom is 0.333 e. The molecule has 0 aromatic rings. The smallest absolute Gasteiger partial charge is 0.333 e. The molecule has 4 rings (SSSR count). The third kappa shape index (κ3) is 1.43. The van der Waals surface area contributed by atoms with E-state index in [0.29, 0.717) is 11.5 Å². The molecule has 0 saturated heterocycles. The molecular formula is C18H26O2. The number of rotatable bonds is 2. The Morgan fingerprint density at radius 2 is 1.65 bits per heavy atom. The fourth-order valence-corrected chi connectivity index (χ4v) is 6.76. The summed E-state index contributed by atoms with van der Waals surface area (Å²) in [6.07, 6.45) is 4.16. The van der Waals surface area contributed by atoms with Crippen molar-refractivity contribution >= 4 is 5.97 Å². The Morgan fingerprint density at radius 1 is 1.00 bits per heavy atom. The third-order valence-electron chi connectivity index (χ3n) is 7.38. The van der Waals surface area contributed by atoms with Gasteiger partial charge < -0.3 is 4.74 Å². The summed E-state index contributed by atoms with van der Waals surface area (Å²) < 4.78 is 5.79. The van der Waals surface area contributed by atoms with Crippen molar-refractivity contribution in [3.05, 3.63) is 12.2 Å². The maximum atomic E-state index is 11.9. The highest BCUT2D eigenvalue weighted by atomic mass is 16.5. The second kappa shape index (κ2) is 4.11. The molecule has 0 aromatic carbocycles.